The van der Waals surface area contributed by atoms with Crippen LogP contribution in [0.25, 0.3) is 0 Å². The molecule has 1 atom stereocenters. The maximum atomic E-state index is 13.6. The summed E-state index contributed by atoms with van der Waals surface area (Å²) in [4.78, 5) is 28.3. The van der Waals surface area contributed by atoms with Gasteiger partial charge in [-0.15, -0.1) is 0 Å². The number of carbonyl (C=O) groups is 2. The molecule has 7 nitrogen and oxygen atoms in total. The van der Waals surface area contributed by atoms with Crippen molar-refractivity contribution in [3.05, 3.63) is 64.7 Å². The fraction of sp³-hybridized carbons (Fsp3) is 0.517. The highest BCUT2D eigenvalue weighted by atomic mass is 32.2. The molecule has 1 N–H and O–H groups in total. The maximum Gasteiger partial charge on any atom is 0.242 e. The van der Waals surface area contributed by atoms with Gasteiger partial charge in [-0.1, -0.05) is 56.7 Å². The topological polar surface area (TPSA) is 86.8 Å². The molecule has 2 rings (SSSR count). The van der Waals surface area contributed by atoms with E-state index >= 15 is 0 Å². The van der Waals surface area contributed by atoms with Gasteiger partial charge in [0, 0.05) is 26.1 Å². The summed E-state index contributed by atoms with van der Waals surface area (Å²) in [6.45, 7) is 10.9. The Labute approximate surface area is 223 Å². The molecule has 0 spiro atoms. The summed E-state index contributed by atoms with van der Waals surface area (Å²) < 4.78 is 26.6. The minimum atomic E-state index is -3.53. The Bertz CT molecular complexity index is 1160. The largest absolute Gasteiger partial charge is 0.354 e. The van der Waals surface area contributed by atoms with Crippen molar-refractivity contribution >= 4 is 27.5 Å². The van der Waals surface area contributed by atoms with Crippen LogP contribution in [0.1, 0.15) is 68.2 Å². The molecule has 2 aromatic rings. The van der Waals surface area contributed by atoms with E-state index in [1.807, 2.05) is 70.2 Å². The van der Waals surface area contributed by atoms with Gasteiger partial charge in [-0.25, -0.2) is 8.42 Å². The Hall–Kier alpha value is -2.87. The van der Waals surface area contributed by atoms with Crippen molar-refractivity contribution in [1.29, 1.82) is 0 Å². The number of aryl methyl sites for hydroxylation is 3. The van der Waals surface area contributed by atoms with Crippen LogP contribution in [0.3, 0.4) is 0 Å². The van der Waals surface area contributed by atoms with Gasteiger partial charge in [0.1, 0.15) is 6.04 Å². The van der Waals surface area contributed by atoms with E-state index in [0.29, 0.717) is 31.6 Å². The van der Waals surface area contributed by atoms with Gasteiger partial charge in [-0.05, 0) is 68.4 Å². The monoisotopic (exact) mass is 529 g/mol. The highest BCUT2D eigenvalue weighted by Gasteiger charge is 2.29. The highest BCUT2D eigenvalue weighted by Crippen LogP contribution is 2.25. The molecule has 0 bridgehead atoms. The summed E-state index contributed by atoms with van der Waals surface area (Å²) in [6.07, 6.45) is 4.02. The SMILES string of the molecule is CCCCNC(=O)C(CC)N(Cc1ccccc1C)C(=O)CCCN(c1cc(C)ccc1C)S(C)(=O)=O. The second-order valence-electron chi connectivity index (χ2n) is 9.75. The number of hydrogen-bond acceptors (Lipinski definition) is 4. The third-order valence-electron chi connectivity index (χ3n) is 6.60. The standard InChI is InChI=1S/C29H43N3O4S/c1-7-9-18-30-29(34)26(8-2)31(21-25-14-11-10-13-23(25)4)28(33)15-12-19-32(37(6,35)36)27-20-22(3)16-17-24(27)5/h10-11,13-14,16-17,20,26H,7-9,12,15,18-19,21H2,1-6H3,(H,30,34). The summed E-state index contributed by atoms with van der Waals surface area (Å²) in [5.74, 6) is -0.304. The summed E-state index contributed by atoms with van der Waals surface area (Å²) in [5, 5.41) is 2.98. The second-order valence-corrected chi connectivity index (χ2v) is 11.7. The molecule has 0 aliphatic rings. The van der Waals surface area contributed by atoms with Gasteiger partial charge < -0.3 is 10.2 Å². The molecule has 8 heteroatoms. The van der Waals surface area contributed by atoms with Crippen molar-refractivity contribution < 1.29 is 18.0 Å². The lowest BCUT2D eigenvalue weighted by atomic mass is 10.0. The van der Waals surface area contributed by atoms with Crippen LogP contribution in [0.15, 0.2) is 42.5 Å². The van der Waals surface area contributed by atoms with E-state index in [9.17, 15) is 18.0 Å². The normalized spacial score (nSPS) is 12.2. The first kappa shape index (κ1) is 30.4. The van der Waals surface area contributed by atoms with Gasteiger partial charge in [0.15, 0.2) is 0 Å². The van der Waals surface area contributed by atoms with Gasteiger partial charge in [0.2, 0.25) is 21.8 Å². The Balaban J connectivity index is 2.24. The van der Waals surface area contributed by atoms with E-state index in [2.05, 4.69) is 12.2 Å². The minimum absolute atomic E-state index is 0.140. The third kappa shape index (κ3) is 8.88. The zero-order valence-corrected chi connectivity index (χ0v) is 24.0. The quantitative estimate of drug-likeness (QED) is 0.353. The van der Waals surface area contributed by atoms with E-state index in [1.165, 1.54) is 10.6 Å². The number of anilines is 1. The number of sulfonamides is 1. The van der Waals surface area contributed by atoms with Crippen LogP contribution >= 0.6 is 0 Å². The summed E-state index contributed by atoms with van der Waals surface area (Å²) in [7, 11) is -3.53. The van der Waals surface area contributed by atoms with Gasteiger partial charge in [0.25, 0.3) is 0 Å². The van der Waals surface area contributed by atoms with Crippen LogP contribution in [-0.2, 0) is 26.2 Å². The maximum absolute atomic E-state index is 13.6. The van der Waals surface area contributed by atoms with E-state index in [1.54, 1.807) is 4.90 Å². The zero-order valence-electron chi connectivity index (χ0n) is 23.2. The number of rotatable bonds is 14. The van der Waals surface area contributed by atoms with E-state index in [4.69, 9.17) is 0 Å². The molecule has 0 radical (unpaired) electrons. The Morgan fingerprint density at radius 3 is 2.30 bits per heavy atom. The number of amides is 2. The average Bonchev–Trinajstić information content (AvgIpc) is 2.84. The predicted molar refractivity (Wildman–Crippen MR) is 151 cm³/mol. The van der Waals surface area contributed by atoms with E-state index < -0.39 is 16.1 Å². The molecule has 0 aromatic heterocycles. The van der Waals surface area contributed by atoms with Crippen LogP contribution < -0.4 is 9.62 Å². The molecular weight excluding hydrogens is 486 g/mol. The molecule has 0 saturated carbocycles. The van der Waals surface area contributed by atoms with Crippen molar-refractivity contribution in [3.8, 4) is 0 Å². The summed E-state index contributed by atoms with van der Waals surface area (Å²) in [6, 6.07) is 13.0. The number of nitrogens with one attached hydrogen (secondary N) is 1. The first-order chi connectivity index (χ1) is 17.5. The van der Waals surface area contributed by atoms with Gasteiger partial charge in [0.05, 0.1) is 11.9 Å². The molecule has 2 amide bonds. The number of carbonyl (C=O) groups excluding carboxylic acids is 2. The average molecular weight is 530 g/mol. The molecular formula is C29H43N3O4S. The lowest BCUT2D eigenvalue weighted by Crippen LogP contribution is -2.49. The van der Waals surface area contributed by atoms with Crippen LogP contribution in [0, 0.1) is 20.8 Å². The third-order valence-corrected chi connectivity index (χ3v) is 7.78. The number of unbranched alkanes of at least 4 members (excludes halogenated alkanes) is 1. The van der Waals surface area contributed by atoms with Crippen molar-refractivity contribution in [2.24, 2.45) is 0 Å². The summed E-state index contributed by atoms with van der Waals surface area (Å²) in [5.41, 5.74) is 4.50. The van der Waals surface area contributed by atoms with Crippen molar-refractivity contribution in [2.75, 3.05) is 23.7 Å². The van der Waals surface area contributed by atoms with Crippen LogP contribution in [-0.4, -0.2) is 50.5 Å². The number of benzene rings is 2. The first-order valence-electron chi connectivity index (χ1n) is 13.2. The molecule has 0 aliphatic carbocycles. The van der Waals surface area contributed by atoms with E-state index in [0.717, 1.165) is 35.1 Å². The van der Waals surface area contributed by atoms with Crippen LogP contribution in [0.4, 0.5) is 5.69 Å². The molecule has 37 heavy (non-hydrogen) atoms. The number of nitrogens with zero attached hydrogens (tertiary/aromatic N) is 2. The number of hydrogen-bond donors (Lipinski definition) is 1. The molecule has 204 valence electrons. The van der Waals surface area contributed by atoms with Gasteiger partial charge in [-0.2, -0.15) is 0 Å². The van der Waals surface area contributed by atoms with Crippen LogP contribution in [0.2, 0.25) is 0 Å². The van der Waals surface area contributed by atoms with Gasteiger partial charge in [-0.3, -0.25) is 13.9 Å². The van der Waals surface area contributed by atoms with Crippen molar-refractivity contribution in [2.45, 2.75) is 79.3 Å². The highest BCUT2D eigenvalue weighted by molar-refractivity contribution is 7.92. The molecule has 0 fully saturated rings. The molecule has 0 heterocycles. The molecule has 1 unspecified atom stereocenters. The summed E-state index contributed by atoms with van der Waals surface area (Å²) >= 11 is 0. The van der Waals surface area contributed by atoms with Crippen LogP contribution in [0.5, 0.6) is 0 Å². The Morgan fingerprint density at radius 2 is 1.68 bits per heavy atom. The predicted octanol–water partition coefficient (Wildman–Crippen LogP) is 4.88. The smallest absolute Gasteiger partial charge is 0.242 e. The molecule has 0 aliphatic heterocycles. The fourth-order valence-corrected chi connectivity index (χ4v) is 5.38. The van der Waals surface area contributed by atoms with E-state index in [-0.39, 0.29) is 24.8 Å². The zero-order chi connectivity index (χ0) is 27.6. The van der Waals surface area contributed by atoms with Crippen molar-refractivity contribution in [1.82, 2.24) is 10.2 Å². The Kier molecular flexibility index (Phi) is 11.6. The minimum Gasteiger partial charge on any atom is -0.354 e. The lowest BCUT2D eigenvalue weighted by molar-refractivity contribution is -0.141. The van der Waals surface area contributed by atoms with Crippen molar-refractivity contribution in [3.63, 3.8) is 0 Å². The second kappa shape index (κ2) is 14.2. The molecule has 2 aromatic carbocycles. The molecule has 0 saturated heterocycles. The Morgan fingerprint density at radius 1 is 0.973 bits per heavy atom. The van der Waals surface area contributed by atoms with Gasteiger partial charge >= 0.3 is 0 Å². The first-order valence-corrected chi connectivity index (χ1v) is 15.0. The lowest BCUT2D eigenvalue weighted by Gasteiger charge is -2.31. The fourth-order valence-electron chi connectivity index (χ4n) is 4.37.